The molecular formula is C27H26N4O5S. The highest BCUT2D eigenvalue weighted by molar-refractivity contribution is 8.00. The van der Waals surface area contributed by atoms with Gasteiger partial charge in [0.25, 0.3) is 11.8 Å². The molecule has 9 nitrogen and oxygen atoms in total. The molecule has 0 spiro atoms. The molecule has 4 rings (SSSR count). The molecule has 0 radical (unpaired) electrons. The monoisotopic (exact) mass is 518 g/mol. The standard InChI is InChI=1S/C27H26N4O5S/c1-17(26(33)29-23-16-24(32)31(30-23)19-8-5-4-6-9-19)37-20-14-12-18(13-15-20)28-27(34)25-21(35-2)10-7-11-22(25)36-3/h4-15,17H,16H2,1-3H3,(H,28,34)(H,29,30,33). The zero-order valence-corrected chi connectivity index (χ0v) is 21.4. The Labute approximate surface area is 218 Å². The van der Waals surface area contributed by atoms with Gasteiger partial charge in [-0.3, -0.25) is 14.4 Å². The van der Waals surface area contributed by atoms with E-state index in [-0.39, 0.29) is 24.1 Å². The second-order valence-electron chi connectivity index (χ2n) is 8.03. The van der Waals surface area contributed by atoms with Crippen LogP contribution in [0.2, 0.25) is 0 Å². The molecular weight excluding hydrogens is 492 g/mol. The van der Waals surface area contributed by atoms with Gasteiger partial charge in [-0.15, -0.1) is 11.8 Å². The number of nitrogens with one attached hydrogen (secondary N) is 2. The fraction of sp³-hybridized carbons (Fsp3) is 0.185. The van der Waals surface area contributed by atoms with Gasteiger partial charge in [0.1, 0.15) is 22.9 Å². The SMILES string of the molecule is COc1cccc(OC)c1C(=O)Nc1ccc(SC(C)C(=O)NC2=NN(c3ccccc3)C(=O)C2)cc1. The lowest BCUT2D eigenvalue weighted by Crippen LogP contribution is -2.35. The maximum absolute atomic E-state index is 12.9. The summed E-state index contributed by atoms with van der Waals surface area (Å²) in [6.07, 6.45) is 0.0312. The van der Waals surface area contributed by atoms with Crippen molar-refractivity contribution in [3.8, 4) is 11.5 Å². The van der Waals surface area contributed by atoms with Gasteiger partial charge in [0, 0.05) is 10.6 Å². The fourth-order valence-electron chi connectivity index (χ4n) is 3.66. The van der Waals surface area contributed by atoms with Crippen LogP contribution in [0.4, 0.5) is 11.4 Å². The van der Waals surface area contributed by atoms with Crippen molar-refractivity contribution in [1.29, 1.82) is 0 Å². The number of benzene rings is 3. The zero-order chi connectivity index (χ0) is 26.4. The van der Waals surface area contributed by atoms with Crippen LogP contribution in [0.15, 0.2) is 82.8 Å². The predicted molar refractivity (Wildman–Crippen MR) is 143 cm³/mol. The molecule has 1 aliphatic heterocycles. The van der Waals surface area contributed by atoms with Gasteiger partial charge >= 0.3 is 0 Å². The Kier molecular flexibility index (Phi) is 8.09. The summed E-state index contributed by atoms with van der Waals surface area (Å²) in [6, 6.07) is 21.3. The predicted octanol–water partition coefficient (Wildman–Crippen LogP) is 4.30. The van der Waals surface area contributed by atoms with Crippen LogP contribution >= 0.6 is 11.8 Å². The number of amidine groups is 1. The molecule has 1 unspecified atom stereocenters. The maximum Gasteiger partial charge on any atom is 0.263 e. The lowest BCUT2D eigenvalue weighted by atomic mass is 10.1. The average Bonchev–Trinajstić information content (AvgIpc) is 3.29. The van der Waals surface area contributed by atoms with Crippen molar-refractivity contribution >= 4 is 46.7 Å². The average molecular weight is 519 g/mol. The Hall–Kier alpha value is -4.31. The van der Waals surface area contributed by atoms with Crippen LogP contribution in [0.3, 0.4) is 0 Å². The number of rotatable bonds is 8. The van der Waals surface area contributed by atoms with E-state index in [9.17, 15) is 14.4 Å². The molecule has 3 aromatic rings. The van der Waals surface area contributed by atoms with Crippen LogP contribution in [-0.2, 0) is 9.59 Å². The second kappa shape index (κ2) is 11.6. The van der Waals surface area contributed by atoms with Gasteiger partial charge in [-0.25, -0.2) is 0 Å². The number of carbonyl (C=O) groups is 3. The molecule has 0 aromatic heterocycles. The molecule has 1 atom stereocenters. The van der Waals surface area contributed by atoms with Gasteiger partial charge in [-0.2, -0.15) is 10.1 Å². The van der Waals surface area contributed by atoms with Gasteiger partial charge in [0.2, 0.25) is 5.91 Å². The smallest absolute Gasteiger partial charge is 0.263 e. The number of nitrogens with zero attached hydrogens (tertiary/aromatic N) is 2. The van der Waals surface area contributed by atoms with E-state index in [0.29, 0.717) is 34.3 Å². The van der Waals surface area contributed by atoms with Crippen molar-refractivity contribution in [2.75, 3.05) is 24.5 Å². The first-order valence-corrected chi connectivity index (χ1v) is 12.3. The second-order valence-corrected chi connectivity index (χ2v) is 9.44. The first-order chi connectivity index (χ1) is 17.9. The summed E-state index contributed by atoms with van der Waals surface area (Å²) in [4.78, 5) is 38.7. The first kappa shape index (κ1) is 25.8. The molecule has 0 bridgehead atoms. The summed E-state index contributed by atoms with van der Waals surface area (Å²) in [5.74, 6) is 0.306. The van der Waals surface area contributed by atoms with E-state index in [1.807, 2.05) is 30.3 Å². The van der Waals surface area contributed by atoms with Crippen LogP contribution < -0.4 is 25.1 Å². The number of carbonyl (C=O) groups excluding carboxylic acids is 3. The molecule has 10 heteroatoms. The molecule has 0 aliphatic carbocycles. The van der Waals surface area contributed by atoms with Crippen molar-refractivity contribution in [3.63, 3.8) is 0 Å². The van der Waals surface area contributed by atoms with Gasteiger partial charge in [0.15, 0.2) is 0 Å². The van der Waals surface area contributed by atoms with Crippen LogP contribution in [0.25, 0.3) is 0 Å². The van der Waals surface area contributed by atoms with Gasteiger partial charge in [-0.1, -0.05) is 24.3 Å². The van der Waals surface area contributed by atoms with Crippen molar-refractivity contribution in [1.82, 2.24) is 5.32 Å². The number of methoxy groups -OCH3 is 2. The van der Waals surface area contributed by atoms with E-state index >= 15 is 0 Å². The lowest BCUT2D eigenvalue weighted by Gasteiger charge is -2.14. The third-order valence-corrected chi connectivity index (χ3v) is 6.60. The third-order valence-electron chi connectivity index (χ3n) is 5.49. The van der Waals surface area contributed by atoms with Crippen LogP contribution in [-0.4, -0.2) is 43.0 Å². The van der Waals surface area contributed by atoms with E-state index in [2.05, 4.69) is 15.7 Å². The summed E-state index contributed by atoms with van der Waals surface area (Å²) >= 11 is 1.35. The first-order valence-electron chi connectivity index (χ1n) is 11.4. The van der Waals surface area contributed by atoms with Crippen molar-refractivity contribution < 1.29 is 23.9 Å². The van der Waals surface area contributed by atoms with E-state index in [1.165, 1.54) is 31.0 Å². The number of hydrogen-bond donors (Lipinski definition) is 2. The minimum atomic E-state index is -0.443. The quantitative estimate of drug-likeness (QED) is 0.431. The highest BCUT2D eigenvalue weighted by Crippen LogP contribution is 2.30. The Balaban J connectivity index is 1.35. The Morgan fingerprint density at radius 2 is 1.57 bits per heavy atom. The van der Waals surface area contributed by atoms with E-state index in [1.54, 1.807) is 49.4 Å². The van der Waals surface area contributed by atoms with Crippen molar-refractivity contribution in [2.24, 2.45) is 5.10 Å². The molecule has 0 saturated carbocycles. The summed E-state index contributed by atoms with van der Waals surface area (Å²) in [6.45, 7) is 1.77. The summed E-state index contributed by atoms with van der Waals surface area (Å²) in [7, 11) is 2.98. The number of hydrazone groups is 1. The molecule has 3 amide bonds. The highest BCUT2D eigenvalue weighted by atomic mass is 32.2. The Morgan fingerprint density at radius 3 is 2.19 bits per heavy atom. The normalized spacial score (nSPS) is 13.5. The minimum absolute atomic E-state index is 0.0312. The number of hydrogen-bond acceptors (Lipinski definition) is 7. The minimum Gasteiger partial charge on any atom is -0.496 e. The van der Waals surface area contributed by atoms with Crippen LogP contribution in [0.1, 0.15) is 23.7 Å². The summed E-state index contributed by atoms with van der Waals surface area (Å²) in [5, 5.41) is 10.7. The van der Waals surface area contributed by atoms with Gasteiger partial charge < -0.3 is 20.1 Å². The third kappa shape index (κ3) is 6.10. The number of para-hydroxylation sites is 1. The number of thioether (sulfide) groups is 1. The molecule has 2 N–H and O–H groups in total. The zero-order valence-electron chi connectivity index (χ0n) is 20.6. The van der Waals surface area contributed by atoms with E-state index in [0.717, 1.165) is 4.90 Å². The number of amides is 3. The topological polar surface area (TPSA) is 109 Å². The van der Waals surface area contributed by atoms with Crippen LogP contribution in [0.5, 0.6) is 11.5 Å². The van der Waals surface area contributed by atoms with Gasteiger partial charge in [0.05, 0.1) is 31.6 Å². The van der Waals surface area contributed by atoms with Crippen LogP contribution in [0, 0.1) is 0 Å². The maximum atomic E-state index is 12.9. The largest absolute Gasteiger partial charge is 0.496 e. The summed E-state index contributed by atoms with van der Waals surface area (Å²) < 4.78 is 10.6. The molecule has 0 fully saturated rings. The van der Waals surface area contributed by atoms with Gasteiger partial charge in [-0.05, 0) is 55.5 Å². The molecule has 190 valence electrons. The van der Waals surface area contributed by atoms with E-state index in [4.69, 9.17) is 9.47 Å². The summed E-state index contributed by atoms with van der Waals surface area (Å²) in [5.41, 5.74) is 1.53. The Bertz CT molecular complexity index is 1310. The lowest BCUT2D eigenvalue weighted by molar-refractivity contribution is -0.118. The number of ether oxygens (including phenoxy) is 2. The molecule has 1 heterocycles. The Morgan fingerprint density at radius 1 is 0.919 bits per heavy atom. The number of anilines is 2. The molecule has 0 saturated heterocycles. The molecule has 37 heavy (non-hydrogen) atoms. The highest BCUT2D eigenvalue weighted by Gasteiger charge is 2.27. The fourth-order valence-corrected chi connectivity index (χ4v) is 4.52. The van der Waals surface area contributed by atoms with Crippen molar-refractivity contribution in [3.05, 3.63) is 78.4 Å². The van der Waals surface area contributed by atoms with E-state index < -0.39 is 5.25 Å². The molecule has 3 aromatic carbocycles. The van der Waals surface area contributed by atoms with Crippen molar-refractivity contribution in [2.45, 2.75) is 23.5 Å². The molecule has 1 aliphatic rings.